The fraction of sp³-hybridized carbons (Fsp3) is 0.625. The van der Waals surface area contributed by atoms with Gasteiger partial charge in [0.25, 0.3) is 0 Å². The molecule has 0 amide bonds. The fourth-order valence-electron chi connectivity index (χ4n) is 2.69. The average Bonchev–Trinajstić information content (AvgIpc) is 2.35. The van der Waals surface area contributed by atoms with E-state index in [0.717, 1.165) is 12.8 Å². The summed E-state index contributed by atoms with van der Waals surface area (Å²) < 4.78 is 0. The Hall–Kier alpha value is -0.670. The van der Waals surface area contributed by atoms with Crippen LogP contribution in [0.3, 0.4) is 0 Å². The van der Waals surface area contributed by atoms with Crippen molar-refractivity contribution in [2.75, 3.05) is 23.4 Å². The van der Waals surface area contributed by atoms with Gasteiger partial charge in [-0.15, -0.1) is 0 Å². The van der Waals surface area contributed by atoms with E-state index in [4.69, 9.17) is 5.11 Å². The molecule has 0 radical (unpaired) electrons. The number of hydrogen-bond donors (Lipinski definition) is 2. The Morgan fingerprint density at radius 1 is 1.42 bits per heavy atom. The standard InChI is InChI=1S/C16H25NOS/c1-16(2)10-15(11-19-12-16)17-14-7-3-5-13(9-14)6-4-8-18/h3,5,7,9,15,17-18H,4,6,8,10-12H2,1-2H3. The quantitative estimate of drug-likeness (QED) is 0.864. The molecule has 0 spiro atoms. The summed E-state index contributed by atoms with van der Waals surface area (Å²) >= 11 is 2.05. The van der Waals surface area contributed by atoms with Crippen LogP contribution in [0.15, 0.2) is 24.3 Å². The van der Waals surface area contributed by atoms with Gasteiger partial charge < -0.3 is 10.4 Å². The van der Waals surface area contributed by atoms with Crippen molar-refractivity contribution in [2.45, 2.75) is 39.2 Å². The Morgan fingerprint density at radius 3 is 3.00 bits per heavy atom. The van der Waals surface area contributed by atoms with Crippen LogP contribution in [-0.4, -0.2) is 29.3 Å². The van der Waals surface area contributed by atoms with Crippen LogP contribution in [0.1, 0.15) is 32.3 Å². The van der Waals surface area contributed by atoms with Gasteiger partial charge in [-0.3, -0.25) is 0 Å². The molecule has 1 unspecified atom stereocenters. The molecule has 2 rings (SSSR count). The van der Waals surface area contributed by atoms with Crippen molar-refractivity contribution in [3.05, 3.63) is 29.8 Å². The van der Waals surface area contributed by atoms with Gasteiger partial charge in [-0.25, -0.2) is 0 Å². The zero-order chi connectivity index (χ0) is 13.7. The van der Waals surface area contributed by atoms with Gasteiger partial charge in [0.1, 0.15) is 0 Å². The number of rotatable bonds is 5. The topological polar surface area (TPSA) is 32.3 Å². The maximum atomic E-state index is 8.90. The first kappa shape index (κ1) is 14.7. The van der Waals surface area contributed by atoms with Gasteiger partial charge >= 0.3 is 0 Å². The van der Waals surface area contributed by atoms with Crippen LogP contribution >= 0.6 is 11.8 Å². The molecule has 1 aliphatic rings. The molecule has 106 valence electrons. The van der Waals surface area contributed by atoms with Gasteiger partial charge in [-0.2, -0.15) is 11.8 Å². The lowest BCUT2D eigenvalue weighted by Gasteiger charge is -2.35. The summed E-state index contributed by atoms with van der Waals surface area (Å²) in [5.74, 6) is 2.46. The predicted molar refractivity (Wildman–Crippen MR) is 85.0 cm³/mol. The third-order valence-corrected chi connectivity index (χ3v) is 5.16. The van der Waals surface area contributed by atoms with E-state index in [1.807, 2.05) is 0 Å². The second-order valence-corrected chi connectivity index (χ2v) is 7.28. The molecule has 1 aromatic rings. The van der Waals surface area contributed by atoms with Crippen molar-refractivity contribution >= 4 is 17.4 Å². The van der Waals surface area contributed by atoms with Gasteiger partial charge in [-0.05, 0) is 48.1 Å². The zero-order valence-corrected chi connectivity index (χ0v) is 12.8. The number of aryl methyl sites for hydroxylation is 1. The Kier molecular flexibility index (Phi) is 5.17. The molecule has 0 aliphatic carbocycles. The SMILES string of the molecule is CC1(C)CSCC(Nc2cccc(CCCO)c2)C1. The second-order valence-electron chi connectivity index (χ2n) is 6.25. The number of nitrogens with one attached hydrogen (secondary N) is 1. The van der Waals surface area contributed by atoms with E-state index in [1.54, 1.807) is 0 Å². The highest BCUT2D eigenvalue weighted by molar-refractivity contribution is 7.99. The van der Waals surface area contributed by atoms with Gasteiger partial charge in [0.2, 0.25) is 0 Å². The van der Waals surface area contributed by atoms with Crippen LogP contribution in [0.5, 0.6) is 0 Å². The molecule has 0 saturated carbocycles. The maximum Gasteiger partial charge on any atom is 0.0434 e. The van der Waals surface area contributed by atoms with E-state index < -0.39 is 0 Å². The summed E-state index contributed by atoms with van der Waals surface area (Å²) in [5.41, 5.74) is 2.97. The summed E-state index contributed by atoms with van der Waals surface area (Å²) in [6.45, 7) is 4.97. The first-order valence-corrected chi connectivity index (χ1v) is 8.29. The average molecular weight is 279 g/mol. The molecule has 1 fully saturated rings. The molecule has 19 heavy (non-hydrogen) atoms. The lowest BCUT2D eigenvalue weighted by molar-refractivity contribution is 0.288. The number of benzene rings is 1. The second kappa shape index (κ2) is 6.67. The van der Waals surface area contributed by atoms with Crippen molar-refractivity contribution in [1.82, 2.24) is 0 Å². The molecule has 2 N–H and O–H groups in total. The van der Waals surface area contributed by atoms with Crippen LogP contribution < -0.4 is 5.32 Å². The summed E-state index contributed by atoms with van der Waals surface area (Å²) in [5, 5.41) is 12.6. The van der Waals surface area contributed by atoms with E-state index in [-0.39, 0.29) is 6.61 Å². The van der Waals surface area contributed by atoms with Gasteiger partial charge in [-0.1, -0.05) is 26.0 Å². The van der Waals surface area contributed by atoms with Gasteiger partial charge in [0, 0.05) is 24.1 Å². The minimum Gasteiger partial charge on any atom is -0.396 e. The molecule has 2 nitrogen and oxygen atoms in total. The summed E-state index contributed by atoms with van der Waals surface area (Å²) in [7, 11) is 0. The zero-order valence-electron chi connectivity index (χ0n) is 12.0. The van der Waals surface area contributed by atoms with E-state index in [1.165, 1.54) is 29.2 Å². The molecule has 3 heteroatoms. The van der Waals surface area contributed by atoms with E-state index in [0.29, 0.717) is 11.5 Å². The number of thioether (sulfide) groups is 1. The number of aliphatic hydroxyl groups excluding tert-OH is 1. The lowest BCUT2D eigenvalue weighted by atomic mass is 9.87. The molecule has 1 saturated heterocycles. The number of hydrogen-bond acceptors (Lipinski definition) is 3. The lowest BCUT2D eigenvalue weighted by Crippen LogP contribution is -2.35. The summed E-state index contributed by atoms with van der Waals surface area (Å²) in [6.07, 6.45) is 3.04. The Labute approximate surface area is 121 Å². The molecule has 1 heterocycles. The Balaban J connectivity index is 1.94. The van der Waals surface area contributed by atoms with Crippen molar-refractivity contribution in [1.29, 1.82) is 0 Å². The summed E-state index contributed by atoms with van der Waals surface area (Å²) in [6, 6.07) is 9.19. The highest BCUT2D eigenvalue weighted by Gasteiger charge is 2.28. The molecular weight excluding hydrogens is 254 g/mol. The largest absolute Gasteiger partial charge is 0.396 e. The highest BCUT2D eigenvalue weighted by Crippen LogP contribution is 2.34. The van der Waals surface area contributed by atoms with Crippen molar-refractivity contribution in [2.24, 2.45) is 5.41 Å². The fourth-order valence-corrected chi connectivity index (χ4v) is 3.96. The van der Waals surface area contributed by atoms with Gasteiger partial charge in [0.15, 0.2) is 0 Å². The first-order chi connectivity index (χ1) is 9.09. The number of aliphatic hydroxyl groups is 1. The Bertz CT molecular complexity index is 405. The minimum atomic E-state index is 0.269. The maximum absolute atomic E-state index is 8.90. The molecule has 1 atom stereocenters. The summed E-state index contributed by atoms with van der Waals surface area (Å²) in [4.78, 5) is 0. The molecular formula is C16H25NOS. The van der Waals surface area contributed by atoms with Crippen molar-refractivity contribution < 1.29 is 5.11 Å². The first-order valence-electron chi connectivity index (χ1n) is 7.13. The Morgan fingerprint density at radius 2 is 2.26 bits per heavy atom. The highest BCUT2D eigenvalue weighted by atomic mass is 32.2. The van der Waals surface area contributed by atoms with E-state index in [2.05, 4.69) is 55.2 Å². The normalized spacial score (nSPS) is 22.2. The van der Waals surface area contributed by atoms with Crippen LogP contribution in [0.25, 0.3) is 0 Å². The monoisotopic (exact) mass is 279 g/mol. The molecule has 1 aromatic carbocycles. The van der Waals surface area contributed by atoms with Crippen molar-refractivity contribution in [3.63, 3.8) is 0 Å². The van der Waals surface area contributed by atoms with Gasteiger partial charge in [0.05, 0.1) is 0 Å². The minimum absolute atomic E-state index is 0.269. The third-order valence-electron chi connectivity index (χ3n) is 3.53. The molecule has 1 aliphatic heterocycles. The smallest absolute Gasteiger partial charge is 0.0434 e. The third kappa shape index (κ3) is 4.73. The van der Waals surface area contributed by atoms with Crippen LogP contribution in [0, 0.1) is 5.41 Å². The van der Waals surface area contributed by atoms with Crippen molar-refractivity contribution in [3.8, 4) is 0 Å². The van der Waals surface area contributed by atoms with E-state index in [9.17, 15) is 0 Å². The predicted octanol–water partition coefficient (Wildman–Crippen LogP) is 3.56. The van der Waals surface area contributed by atoms with Crippen LogP contribution in [0.4, 0.5) is 5.69 Å². The number of anilines is 1. The molecule has 0 bridgehead atoms. The van der Waals surface area contributed by atoms with Crippen LogP contribution in [0.2, 0.25) is 0 Å². The van der Waals surface area contributed by atoms with E-state index >= 15 is 0 Å². The van der Waals surface area contributed by atoms with Crippen LogP contribution in [-0.2, 0) is 6.42 Å². The molecule has 0 aromatic heterocycles.